The van der Waals surface area contributed by atoms with Crippen LogP contribution in [0.3, 0.4) is 0 Å². The molecule has 0 radical (unpaired) electrons. The van der Waals surface area contributed by atoms with E-state index >= 15 is 0 Å². The second-order valence-electron chi connectivity index (χ2n) is 5.10. The van der Waals surface area contributed by atoms with Crippen molar-refractivity contribution in [1.29, 1.82) is 0 Å². The van der Waals surface area contributed by atoms with Gasteiger partial charge in [0.05, 0.1) is 5.52 Å². The van der Waals surface area contributed by atoms with Crippen molar-refractivity contribution in [2.75, 3.05) is 0 Å². The summed E-state index contributed by atoms with van der Waals surface area (Å²) in [6, 6.07) is 10.4. The average molecular weight is 338 g/mol. The summed E-state index contributed by atoms with van der Waals surface area (Å²) in [5.41, 5.74) is 2.19. The molecule has 1 unspecified atom stereocenters. The summed E-state index contributed by atoms with van der Waals surface area (Å²) in [5.74, 6) is 0. The Bertz CT molecular complexity index is 871. The second-order valence-corrected chi connectivity index (χ2v) is 7.28. The maximum atomic E-state index is 4.51. The molecular weight excluding hydrogens is 324 g/mol. The molecule has 1 atom stereocenters. The van der Waals surface area contributed by atoms with Crippen molar-refractivity contribution < 1.29 is 0 Å². The smallest absolute Gasteiger partial charge is 0.151 e. The van der Waals surface area contributed by atoms with Gasteiger partial charge in [-0.15, -0.1) is 11.3 Å². The number of thiophene rings is 1. The minimum atomic E-state index is 0.0899. The van der Waals surface area contributed by atoms with E-state index < -0.39 is 0 Å². The SMILES string of the molecule is C1=NC(NCc2cccs2)S/C1=C\c1ccc2ncncc2c1. The van der Waals surface area contributed by atoms with Crippen LogP contribution >= 0.6 is 23.1 Å². The van der Waals surface area contributed by atoms with E-state index in [1.165, 1.54) is 4.88 Å². The first kappa shape index (κ1) is 14.6. The Labute approximate surface area is 142 Å². The fourth-order valence-corrected chi connectivity index (χ4v) is 3.88. The molecule has 1 aliphatic heterocycles. The molecule has 0 saturated carbocycles. The summed E-state index contributed by atoms with van der Waals surface area (Å²) in [6.45, 7) is 0.854. The minimum absolute atomic E-state index is 0.0899. The Kier molecular flexibility index (Phi) is 4.19. The van der Waals surface area contributed by atoms with Crippen molar-refractivity contribution in [3.8, 4) is 0 Å². The fraction of sp³-hybridized carbons (Fsp3) is 0.118. The summed E-state index contributed by atoms with van der Waals surface area (Å²) < 4.78 is 0. The second kappa shape index (κ2) is 6.62. The lowest BCUT2D eigenvalue weighted by Crippen LogP contribution is -2.20. The van der Waals surface area contributed by atoms with Crippen LogP contribution in [-0.4, -0.2) is 21.7 Å². The van der Waals surface area contributed by atoms with Crippen molar-refractivity contribution in [3.63, 3.8) is 0 Å². The van der Waals surface area contributed by atoms with Gasteiger partial charge < -0.3 is 0 Å². The third-order valence-corrected chi connectivity index (χ3v) is 5.34. The van der Waals surface area contributed by atoms with E-state index in [-0.39, 0.29) is 5.50 Å². The van der Waals surface area contributed by atoms with Gasteiger partial charge in [0, 0.05) is 34.1 Å². The Hall–Kier alpha value is -2.02. The normalized spacial score (nSPS) is 19.0. The average Bonchev–Trinajstić information content (AvgIpc) is 3.24. The number of aromatic nitrogens is 2. The molecule has 1 N–H and O–H groups in total. The molecule has 0 spiro atoms. The Morgan fingerprint density at radius 1 is 1.26 bits per heavy atom. The van der Waals surface area contributed by atoms with E-state index in [1.54, 1.807) is 29.4 Å². The van der Waals surface area contributed by atoms with Gasteiger partial charge in [-0.1, -0.05) is 23.9 Å². The van der Waals surface area contributed by atoms with Gasteiger partial charge in [-0.3, -0.25) is 10.3 Å². The number of allylic oxidation sites excluding steroid dienone is 1. The minimum Gasteiger partial charge on any atom is -0.282 e. The van der Waals surface area contributed by atoms with Crippen LogP contribution in [0.2, 0.25) is 0 Å². The maximum absolute atomic E-state index is 4.51. The zero-order valence-electron chi connectivity index (χ0n) is 12.2. The van der Waals surface area contributed by atoms with Gasteiger partial charge in [-0.25, -0.2) is 9.97 Å². The van der Waals surface area contributed by atoms with Gasteiger partial charge in [-0.05, 0) is 35.2 Å². The van der Waals surface area contributed by atoms with Crippen LogP contribution in [-0.2, 0) is 6.54 Å². The zero-order valence-corrected chi connectivity index (χ0v) is 13.8. The van der Waals surface area contributed by atoms with Gasteiger partial charge in [0.1, 0.15) is 6.33 Å². The molecule has 23 heavy (non-hydrogen) atoms. The first-order valence-electron chi connectivity index (χ1n) is 7.24. The fourth-order valence-electron chi connectivity index (χ4n) is 2.35. The predicted molar refractivity (Wildman–Crippen MR) is 98.5 cm³/mol. The van der Waals surface area contributed by atoms with Crippen molar-refractivity contribution in [2.24, 2.45) is 4.99 Å². The van der Waals surface area contributed by atoms with E-state index in [4.69, 9.17) is 0 Å². The number of nitrogens with zero attached hydrogens (tertiary/aromatic N) is 3. The van der Waals surface area contributed by atoms with Crippen LogP contribution in [0.15, 0.2) is 58.1 Å². The molecule has 4 rings (SSSR count). The Morgan fingerprint density at radius 2 is 2.26 bits per heavy atom. The molecule has 0 bridgehead atoms. The maximum Gasteiger partial charge on any atom is 0.151 e. The largest absolute Gasteiger partial charge is 0.282 e. The third kappa shape index (κ3) is 3.50. The lowest BCUT2D eigenvalue weighted by Gasteiger charge is -2.07. The topological polar surface area (TPSA) is 50.2 Å². The Morgan fingerprint density at radius 3 is 3.17 bits per heavy atom. The summed E-state index contributed by atoms with van der Waals surface area (Å²) >= 11 is 3.49. The standard InChI is InChI=1S/C17H14N4S2/c1-2-14(22-5-1)9-19-17-20-10-15(23-17)7-12-3-4-16-13(6-12)8-18-11-21-16/h1-8,10-11,17,19H,9H2/b15-7-. The molecule has 0 aliphatic carbocycles. The van der Waals surface area contributed by atoms with Crippen LogP contribution in [0.5, 0.6) is 0 Å². The van der Waals surface area contributed by atoms with Crippen LogP contribution in [0.1, 0.15) is 10.4 Å². The van der Waals surface area contributed by atoms with Gasteiger partial charge in [0.25, 0.3) is 0 Å². The van der Waals surface area contributed by atoms with Crippen LogP contribution in [0, 0.1) is 0 Å². The van der Waals surface area contributed by atoms with Gasteiger partial charge in [0.2, 0.25) is 0 Å². The predicted octanol–water partition coefficient (Wildman–Crippen LogP) is 3.92. The monoisotopic (exact) mass is 338 g/mol. The van der Waals surface area contributed by atoms with Crippen LogP contribution < -0.4 is 5.32 Å². The highest BCUT2D eigenvalue weighted by molar-refractivity contribution is 8.04. The number of nitrogens with one attached hydrogen (secondary N) is 1. The molecular formula is C17H14N4S2. The van der Waals surface area contributed by atoms with E-state index in [0.717, 1.165) is 27.9 Å². The third-order valence-electron chi connectivity index (χ3n) is 3.45. The summed E-state index contributed by atoms with van der Waals surface area (Å²) in [5, 5.41) is 6.59. The van der Waals surface area contributed by atoms with Gasteiger partial charge in [0.15, 0.2) is 5.50 Å². The van der Waals surface area contributed by atoms with E-state index in [1.807, 2.05) is 18.5 Å². The summed E-state index contributed by atoms with van der Waals surface area (Å²) in [7, 11) is 0. The number of hydrogen-bond donors (Lipinski definition) is 1. The highest BCUT2D eigenvalue weighted by Gasteiger charge is 2.15. The zero-order chi connectivity index (χ0) is 15.5. The molecule has 3 heterocycles. The number of aliphatic imine (C=N–C) groups is 1. The van der Waals surface area contributed by atoms with Crippen molar-refractivity contribution in [1.82, 2.24) is 15.3 Å². The molecule has 0 fully saturated rings. The van der Waals surface area contributed by atoms with E-state index in [2.05, 4.69) is 56.0 Å². The molecule has 114 valence electrons. The number of hydrogen-bond acceptors (Lipinski definition) is 6. The highest BCUT2D eigenvalue weighted by Crippen LogP contribution is 2.28. The number of benzene rings is 1. The molecule has 0 saturated heterocycles. The Balaban J connectivity index is 1.43. The summed E-state index contributed by atoms with van der Waals surface area (Å²) in [4.78, 5) is 15.3. The highest BCUT2D eigenvalue weighted by atomic mass is 32.2. The number of thioether (sulfide) groups is 1. The molecule has 4 nitrogen and oxygen atoms in total. The van der Waals surface area contributed by atoms with Crippen LogP contribution in [0.25, 0.3) is 17.0 Å². The first-order chi connectivity index (χ1) is 11.4. The van der Waals surface area contributed by atoms with Gasteiger partial charge >= 0.3 is 0 Å². The molecule has 1 aromatic carbocycles. The number of fused-ring (bicyclic) bond motifs is 1. The molecule has 3 aromatic rings. The summed E-state index contributed by atoms with van der Waals surface area (Å²) in [6.07, 6.45) is 7.49. The molecule has 2 aromatic heterocycles. The van der Waals surface area contributed by atoms with E-state index in [0.29, 0.717) is 0 Å². The number of rotatable bonds is 4. The molecule has 0 amide bonds. The van der Waals surface area contributed by atoms with E-state index in [9.17, 15) is 0 Å². The lowest BCUT2D eigenvalue weighted by molar-refractivity contribution is 0.683. The lowest BCUT2D eigenvalue weighted by atomic mass is 10.1. The molecule has 6 heteroatoms. The van der Waals surface area contributed by atoms with Crippen molar-refractivity contribution in [3.05, 3.63) is 63.6 Å². The van der Waals surface area contributed by atoms with Crippen molar-refractivity contribution in [2.45, 2.75) is 12.0 Å². The molecule has 1 aliphatic rings. The first-order valence-corrected chi connectivity index (χ1v) is 9.00. The van der Waals surface area contributed by atoms with Gasteiger partial charge in [-0.2, -0.15) is 0 Å². The van der Waals surface area contributed by atoms with Crippen molar-refractivity contribution >= 4 is 46.3 Å². The van der Waals surface area contributed by atoms with Crippen LogP contribution in [0.4, 0.5) is 0 Å². The quantitative estimate of drug-likeness (QED) is 0.783.